The SMILES string of the molecule is O=C(CSCc1ccccc1)NCC(=O)Nc1ccc(F)cc1. The first kappa shape index (κ1) is 17.0. The lowest BCUT2D eigenvalue weighted by molar-refractivity contribution is -0.122. The molecule has 0 saturated heterocycles. The molecule has 120 valence electrons. The predicted octanol–water partition coefficient (Wildman–Crippen LogP) is 2.81. The summed E-state index contributed by atoms with van der Waals surface area (Å²) in [5, 5.41) is 5.13. The van der Waals surface area contributed by atoms with Crippen molar-refractivity contribution >= 4 is 29.3 Å². The van der Waals surface area contributed by atoms with Crippen molar-refractivity contribution < 1.29 is 14.0 Å². The Labute approximate surface area is 138 Å². The molecule has 2 aromatic carbocycles. The molecule has 0 fully saturated rings. The highest BCUT2D eigenvalue weighted by molar-refractivity contribution is 7.99. The van der Waals surface area contributed by atoms with Crippen molar-refractivity contribution in [2.45, 2.75) is 5.75 Å². The molecule has 0 aromatic heterocycles. The van der Waals surface area contributed by atoms with E-state index in [1.165, 1.54) is 36.0 Å². The van der Waals surface area contributed by atoms with Gasteiger partial charge < -0.3 is 10.6 Å². The molecule has 0 heterocycles. The Kier molecular flexibility index (Phi) is 6.62. The monoisotopic (exact) mass is 332 g/mol. The van der Waals surface area contributed by atoms with Crippen LogP contribution in [0.2, 0.25) is 0 Å². The van der Waals surface area contributed by atoms with E-state index in [9.17, 15) is 14.0 Å². The Bertz CT molecular complexity index is 647. The minimum atomic E-state index is -0.369. The van der Waals surface area contributed by atoms with Crippen molar-refractivity contribution in [2.75, 3.05) is 17.6 Å². The third kappa shape index (κ3) is 6.52. The van der Waals surface area contributed by atoms with Crippen LogP contribution in [-0.4, -0.2) is 24.1 Å². The van der Waals surface area contributed by atoms with Crippen LogP contribution in [0.5, 0.6) is 0 Å². The maximum atomic E-state index is 12.7. The van der Waals surface area contributed by atoms with Crippen LogP contribution in [0.4, 0.5) is 10.1 Å². The summed E-state index contributed by atoms with van der Waals surface area (Å²) in [6.07, 6.45) is 0. The first-order valence-corrected chi connectivity index (χ1v) is 8.23. The zero-order valence-electron chi connectivity index (χ0n) is 12.4. The smallest absolute Gasteiger partial charge is 0.243 e. The maximum absolute atomic E-state index is 12.7. The quantitative estimate of drug-likeness (QED) is 0.820. The second-order valence-electron chi connectivity index (χ2n) is 4.81. The van der Waals surface area contributed by atoms with Crippen molar-refractivity contribution in [3.8, 4) is 0 Å². The van der Waals surface area contributed by atoms with Gasteiger partial charge in [0.25, 0.3) is 0 Å². The number of carbonyl (C=O) groups excluding carboxylic acids is 2. The van der Waals surface area contributed by atoms with E-state index >= 15 is 0 Å². The summed E-state index contributed by atoms with van der Waals surface area (Å²) < 4.78 is 12.7. The molecule has 0 aliphatic rings. The van der Waals surface area contributed by atoms with Crippen molar-refractivity contribution in [3.05, 3.63) is 66.0 Å². The molecule has 23 heavy (non-hydrogen) atoms. The largest absolute Gasteiger partial charge is 0.346 e. The molecule has 0 saturated carbocycles. The zero-order chi connectivity index (χ0) is 16.5. The van der Waals surface area contributed by atoms with Crippen LogP contribution in [-0.2, 0) is 15.3 Å². The molecule has 6 heteroatoms. The second kappa shape index (κ2) is 8.95. The van der Waals surface area contributed by atoms with Gasteiger partial charge in [0.1, 0.15) is 5.82 Å². The number of anilines is 1. The lowest BCUT2D eigenvalue weighted by Gasteiger charge is -2.07. The Hall–Kier alpha value is -2.34. The third-order valence-electron chi connectivity index (χ3n) is 2.92. The molecule has 2 N–H and O–H groups in total. The van der Waals surface area contributed by atoms with Gasteiger partial charge in [-0.05, 0) is 29.8 Å². The summed E-state index contributed by atoms with van der Waals surface area (Å²) in [6.45, 7) is -0.109. The van der Waals surface area contributed by atoms with Gasteiger partial charge in [0, 0.05) is 11.4 Å². The van der Waals surface area contributed by atoms with E-state index < -0.39 is 0 Å². The first-order chi connectivity index (χ1) is 11.1. The summed E-state index contributed by atoms with van der Waals surface area (Å²) >= 11 is 1.49. The van der Waals surface area contributed by atoms with E-state index in [2.05, 4.69) is 10.6 Å². The number of benzene rings is 2. The molecule has 0 spiro atoms. The fraction of sp³-hybridized carbons (Fsp3) is 0.176. The van der Waals surface area contributed by atoms with E-state index in [0.29, 0.717) is 11.4 Å². The van der Waals surface area contributed by atoms with Gasteiger partial charge in [-0.15, -0.1) is 11.8 Å². The van der Waals surface area contributed by atoms with Gasteiger partial charge in [-0.3, -0.25) is 9.59 Å². The van der Waals surface area contributed by atoms with Crippen LogP contribution >= 0.6 is 11.8 Å². The van der Waals surface area contributed by atoms with Gasteiger partial charge in [-0.1, -0.05) is 30.3 Å². The number of halogens is 1. The second-order valence-corrected chi connectivity index (χ2v) is 5.80. The highest BCUT2D eigenvalue weighted by atomic mass is 32.2. The van der Waals surface area contributed by atoms with Crippen LogP contribution in [0, 0.1) is 5.82 Å². The van der Waals surface area contributed by atoms with E-state index in [1.54, 1.807) is 0 Å². The topological polar surface area (TPSA) is 58.2 Å². The third-order valence-corrected chi connectivity index (χ3v) is 3.92. The van der Waals surface area contributed by atoms with Crippen LogP contribution < -0.4 is 10.6 Å². The van der Waals surface area contributed by atoms with Crippen molar-refractivity contribution in [3.63, 3.8) is 0 Å². The molecule has 0 aliphatic carbocycles. The van der Waals surface area contributed by atoms with Crippen LogP contribution in [0.15, 0.2) is 54.6 Å². The highest BCUT2D eigenvalue weighted by Gasteiger charge is 2.06. The highest BCUT2D eigenvalue weighted by Crippen LogP contribution is 2.11. The molecule has 0 atom stereocenters. The average Bonchev–Trinajstić information content (AvgIpc) is 2.56. The molecule has 0 aliphatic heterocycles. The van der Waals surface area contributed by atoms with Gasteiger partial charge in [0.15, 0.2) is 0 Å². The molecule has 0 radical (unpaired) electrons. The molecule has 2 rings (SSSR count). The van der Waals surface area contributed by atoms with Crippen LogP contribution in [0.25, 0.3) is 0 Å². The minimum Gasteiger partial charge on any atom is -0.346 e. The number of carbonyl (C=O) groups is 2. The van der Waals surface area contributed by atoms with Gasteiger partial charge in [-0.25, -0.2) is 4.39 Å². The summed E-state index contributed by atoms with van der Waals surface area (Å²) in [6, 6.07) is 15.3. The number of hydrogen-bond donors (Lipinski definition) is 2. The van der Waals surface area contributed by atoms with Gasteiger partial charge in [0.05, 0.1) is 12.3 Å². The maximum Gasteiger partial charge on any atom is 0.243 e. The summed E-state index contributed by atoms with van der Waals surface area (Å²) in [5.41, 5.74) is 1.64. The first-order valence-electron chi connectivity index (χ1n) is 7.07. The molecule has 2 aromatic rings. The Morgan fingerprint density at radius 1 is 0.957 bits per heavy atom. The van der Waals surface area contributed by atoms with E-state index in [1.807, 2.05) is 30.3 Å². The number of hydrogen-bond acceptors (Lipinski definition) is 3. The molecular weight excluding hydrogens is 315 g/mol. The molecule has 2 amide bonds. The van der Waals surface area contributed by atoms with Gasteiger partial charge in [0.2, 0.25) is 11.8 Å². The zero-order valence-corrected chi connectivity index (χ0v) is 13.2. The number of amides is 2. The standard InChI is InChI=1S/C17H17FN2O2S/c18-14-6-8-15(9-7-14)20-16(21)10-19-17(22)12-23-11-13-4-2-1-3-5-13/h1-9H,10-12H2,(H,19,22)(H,20,21). The molecular formula is C17H17FN2O2S. The van der Waals surface area contributed by atoms with E-state index in [-0.39, 0.29) is 24.2 Å². The van der Waals surface area contributed by atoms with Gasteiger partial charge >= 0.3 is 0 Å². The van der Waals surface area contributed by atoms with Crippen LogP contribution in [0.1, 0.15) is 5.56 Å². The number of nitrogens with one attached hydrogen (secondary N) is 2. The van der Waals surface area contributed by atoms with Crippen molar-refractivity contribution in [1.29, 1.82) is 0 Å². The van der Waals surface area contributed by atoms with E-state index in [0.717, 1.165) is 11.3 Å². The van der Waals surface area contributed by atoms with Crippen LogP contribution in [0.3, 0.4) is 0 Å². The Morgan fingerprint density at radius 2 is 1.65 bits per heavy atom. The summed E-state index contributed by atoms with van der Waals surface area (Å²) in [7, 11) is 0. The average molecular weight is 332 g/mol. The summed E-state index contributed by atoms with van der Waals surface area (Å²) in [4.78, 5) is 23.3. The molecule has 4 nitrogen and oxygen atoms in total. The van der Waals surface area contributed by atoms with Crippen molar-refractivity contribution in [2.24, 2.45) is 0 Å². The molecule has 0 bridgehead atoms. The van der Waals surface area contributed by atoms with E-state index in [4.69, 9.17) is 0 Å². The normalized spacial score (nSPS) is 10.1. The van der Waals surface area contributed by atoms with Gasteiger partial charge in [-0.2, -0.15) is 0 Å². The summed E-state index contributed by atoms with van der Waals surface area (Å²) in [5.74, 6) is 0.124. The lowest BCUT2D eigenvalue weighted by atomic mass is 10.2. The predicted molar refractivity (Wildman–Crippen MR) is 90.6 cm³/mol. The lowest BCUT2D eigenvalue weighted by Crippen LogP contribution is -2.33. The fourth-order valence-corrected chi connectivity index (χ4v) is 2.62. The Morgan fingerprint density at radius 3 is 2.35 bits per heavy atom. The number of rotatable bonds is 7. The number of thioether (sulfide) groups is 1. The Balaban J connectivity index is 1.63. The van der Waals surface area contributed by atoms with Crippen molar-refractivity contribution in [1.82, 2.24) is 5.32 Å². The minimum absolute atomic E-state index is 0.109. The molecule has 0 unspecified atom stereocenters. The fourth-order valence-electron chi connectivity index (χ4n) is 1.80.